The van der Waals surface area contributed by atoms with Gasteiger partial charge >= 0.3 is 0 Å². The van der Waals surface area contributed by atoms with Crippen molar-refractivity contribution >= 4 is 34.6 Å². The van der Waals surface area contributed by atoms with Crippen molar-refractivity contribution in [3.63, 3.8) is 0 Å². The zero-order valence-electron chi connectivity index (χ0n) is 11.8. The lowest BCUT2D eigenvalue weighted by Crippen LogP contribution is -2.22. The second-order valence-corrected chi connectivity index (χ2v) is 5.12. The van der Waals surface area contributed by atoms with Crippen molar-refractivity contribution in [3.8, 4) is 0 Å². The lowest BCUT2D eigenvalue weighted by Gasteiger charge is -2.08. The van der Waals surface area contributed by atoms with Gasteiger partial charge in [-0.25, -0.2) is 0 Å². The number of nitrogens with zero attached hydrogens (tertiary/aromatic N) is 1. The van der Waals surface area contributed by atoms with E-state index in [4.69, 9.17) is 11.6 Å². The first-order valence-electron chi connectivity index (χ1n) is 6.50. The van der Waals surface area contributed by atoms with E-state index in [-0.39, 0.29) is 23.8 Å². The van der Waals surface area contributed by atoms with Gasteiger partial charge in [-0.15, -0.1) is 0 Å². The summed E-state index contributed by atoms with van der Waals surface area (Å²) < 4.78 is 0. The first kappa shape index (κ1) is 15.8. The van der Waals surface area contributed by atoms with Gasteiger partial charge in [-0.2, -0.15) is 0 Å². The Labute approximate surface area is 132 Å². The molecule has 22 heavy (non-hydrogen) atoms. The summed E-state index contributed by atoms with van der Waals surface area (Å²) in [6.45, 7) is 1.74. The summed E-state index contributed by atoms with van der Waals surface area (Å²) in [5.41, 5.74) is 1.54. The molecule has 0 fully saturated rings. The van der Waals surface area contributed by atoms with Crippen LogP contribution in [0.4, 0.5) is 17.1 Å². The summed E-state index contributed by atoms with van der Waals surface area (Å²) in [4.78, 5) is 22.4. The molecular formula is C15H14ClN3O3. The molecule has 7 heteroatoms. The summed E-state index contributed by atoms with van der Waals surface area (Å²) in [7, 11) is 0. The van der Waals surface area contributed by atoms with Crippen LogP contribution in [-0.4, -0.2) is 17.4 Å². The van der Waals surface area contributed by atoms with Crippen LogP contribution >= 0.6 is 11.6 Å². The average molecular weight is 320 g/mol. The van der Waals surface area contributed by atoms with Crippen molar-refractivity contribution in [2.24, 2.45) is 0 Å². The SMILES string of the molecule is Cc1ccc(NC(=O)CNc2ccc(Cl)cc2)c([N+](=O)[O-])c1. The topological polar surface area (TPSA) is 84.3 Å². The van der Waals surface area contributed by atoms with Crippen molar-refractivity contribution in [1.82, 2.24) is 0 Å². The van der Waals surface area contributed by atoms with Crippen LogP contribution in [0.5, 0.6) is 0 Å². The van der Waals surface area contributed by atoms with Crippen LogP contribution < -0.4 is 10.6 Å². The minimum absolute atomic E-state index is 0.00728. The van der Waals surface area contributed by atoms with E-state index in [1.807, 2.05) is 0 Å². The number of halogens is 1. The molecule has 0 aliphatic heterocycles. The molecule has 0 aliphatic rings. The molecule has 1 amide bonds. The summed E-state index contributed by atoms with van der Waals surface area (Å²) in [6.07, 6.45) is 0. The molecule has 0 saturated heterocycles. The number of nitrogens with one attached hydrogen (secondary N) is 2. The van der Waals surface area contributed by atoms with Crippen LogP contribution in [-0.2, 0) is 4.79 Å². The number of benzene rings is 2. The summed E-state index contributed by atoms with van der Waals surface area (Å²) >= 11 is 5.77. The van der Waals surface area contributed by atoms with Crippen molar-refractivity contribution < 1.29 is 9.72 Å². The van der Waals surface area contributed by atoms with E-state index < -0.39 is 4.92 Å². The monoisotopic (exact) mass is 319 g/mol. The van der Waals surface area contributed by atoms with Crippen LogP contribution in [0.25, 0.3) is 0 Å². The molecule has 0 heterocycles. The van der Waals surface area contributed by atoms with E-state index in [1.165, 1.54) is 12.1 Å². The number of rotatable bonds is 5. The summed E-state index contributed by atoms with van der Waals surface area (Å²) in [6, 6.07) is 11.5. The molecule has 0 spiro atoms. The van der Waals surface area contributed by atoms with Crippen molar-refractivity contribution in [1.29, 1.82) is 0 Å². The molecule has 2 aromatic carbocycles. The maximum Gasteiger partial charge on any atom is 0.293 e. The number of anilines is 2. The molecule has 114 valence electrons. The van der Waals surface area contributed by atoms with Gasteiger partial charge in [-0.3, -0.25) is 14.9 Å². The van der Waals surface area contributed by atoms with Gasteiger partial charge in [0.2, 0.25) is 5.91 Å². The second kappa shape index (κ2) is 6.91. The third-order valence-corrected chi connectivity index (χ3v) is 3.17. The predicted octanol–water partition coefficient (Wildman–Crippen LogP) is 3.61. The lowest BCUT2D eigenvalue weighted by molar-refractivity contribution is -0.384. The summed E-state index contributed by atoms with van der Waals surface area (Å²) in [5, 5.41) is 17.0. The fourth-order valence-electron chi connectivity index (χ4n) is 1.84. The smallest absolute Gasteiger partial charge is 0.293 e. The van der Waals surface area contributed by atoms with Gasteiger partial charge < -0.3 is 10.6 Å². The van der Waals surface area contributed by atoms with E-state index in [2.05, 4.69) is 10.6 Å². The van der Waals surface area contributed by atoms with Crippen molar-refractivity contribution in [2.45, 2.75) is 6.92 Å². The van der Waals surface area contributed by atoms with Crippen LogP contribution in [0.15, 0.2) is 42.5 Å². The minimum atomic E-state index is -0.519. The molecule has 0 unspecified atom stereocenters. The third kappa shape index (κ3) is 4.20. The Hall–Kier alpha value is -2.60. The Bertz CT molecular complexity index is 702. The Morgan fingerprint density at radius 2 is 1.91 bits per heavy atom. The highest BCUT2D eigenvalue weighted by Gasteiger charge is 2.15. The summed E-state index contributed by atoms with van der Waals surface area (Å²) in [5.74, 6) is -0.373. The van der Waals surface area contributed by atoms with E-state index in [0.717, 1.165) is 11.3 Å². The maximum absolute atomic E-state index is 11.9. The zero-order valence-corrected chi connectivity index (χ0v) is 12.6. The van der Waals surface area contributed by atoms with Gasteiger partial charge in [0, 0.05) is 16.8 Å². The van der Waals surface area contributed by atoms with Crippen LogP contribution in [0.3, 0.4) is 0 Å². The normalized spacial score (nSPS) is 10.1. The fourth-order valence-corrected chi connectivity index (χ4v) is 1.97. The predicted molar refractivity (Wildman–Crippen MR) is 86.4 cm³/mol. The Balaban J connectivity index is 2.00. The lowest BCUT2D eigenvalue weighted by atomic mass is 10.2. The van der Waals surface area contributed by atoms with E-state index in [1.54, 1.807) is 37.3 Å². The first-order chi connectivity index (χ1) is 10.5. The largest absolute Gasteiger partial charge is 0.376 e. The molecule has 0 saturated carbocycles. The number of nitro groups is 1. The highest BCUT2D eigenvalue weighted by Crippen LogP contribution is 2.25. The van der Waals surface area contributed by atoms with Crippen LogP contribution in [0, 0.1) is 17.0 Å². The number of hydrogen-bond acceptors (Lipinski definition) is 4. The number of carbonyl (C=O) groups is 1. The Morgan fingerprint density at radius 1 is 1.23 bits per heavy atom. The average Bonchev–Trinajstić information content (AvgIpc) is 2.48. The highest BCUT2D eigenvalue weighted by molar-refractivity contribution is 6.30. The van der Waals surface area contributed by atoms with Gasteiger partial charge in [0.25, 0.3) is 5.69 Å². The van der Waals surface area contributed by atoms with E-state index in [0.29, 0.717) is 5.02 Å². The molecule has 6 nitrogen and oxygen atoms in total. The molecule has 0 aromatic heterocycles. The van der Waals surface area contributed by atoms with Gasteiger partial charge in [-0.1, -0.05) is 17.7 Å². The quantitative estimate of drug-likeness (QED) is 0.651. The van der Waals surface area contributed by atoms with Gasteiger partial charge in [0.15, 0.2) is 0 Å². The highest BCUT2D eigenvalue weighted by atomic mass is 35.5. The Morgan fingerprint density at radius 3 is 2.55 bits per heavy atom. The molecule has 0 radical (unpaired) electrons. The standard InChI is InChI=1S/C15H14ClN3O3/c1-10-2-7-13(14(8-10)19(21)22)18-15(20)9-17-12-5-3-11(16)4-6-12/h2-8,17H,9H2,1H3,(H,18,20). The van der Waals surface area contributed by atoms with E-state index >= 15 is 0 Å². The van der Waals surface area contributed by atoms with Crippen molar-refractivity contribution in [2.75, 3.05) is 17.2 Å². The Kier molecular flexibility index (Phi) is 4.95. The van der Waals surface area contributed by atoms with E-state index in [9.17, 15) is 14.9 Å². The van der Waals surface area contributed by atoms with Crippen LogP contribution in [0.1, 0.15) is 5.56 Å². The zero-order chi connectivity index (χ0) is 16.1. The van der Waals surface area contributed by atoms with Crippen LogP contribution in [0.2, 0.25) is 5.02 Å². The number of aryl methyl sites for hydroxylation is 1. The number of hydrogen-bond donors (Lipinski definition) is 2. The molecular weight excluding hydrogens is 306 g/mol. The first-order valence-corrected chi connectivity index (χ1v) is 6.88. The van der Waals surface area contributed by atoms with Gasteiger partial charge in [0.1, 0.15) is 5.69 Å². The molecule has 2 rings (SSSR count). The molecule has 0 atom stereocenters. The minimum Gasteiger partial charge on any atom is -0.376 e. The molecule has 2 N–H and O–H groups in total. The fraction of sp³-hybridized carbons (Fsp3) is 0.133. The number of carbonyl (C=O) groups excluding carboxylic acids is 1. The second-order valence-electron chi connectivity index (χ2n) is 4.69. The third-order valence-electron chi connectivity index (χ3n) is 2.92. The van der Waals surface area contributed by atoms with Gasteiger partial charge in [-0.05, 0) is 42.8 Å². The number of amides is 1. The number of nitro benzene ring substituents is 1. The van der Waals surface area contributed by atoms with Crippen molar-refractivity contribution in [3.05, 3.63) is 63.2 Å². The van der Waals surface area contributed by atoms with Gasteiger partial charge in [0.05, 0.1) is 11.5 Å². The maximum atomic E-state index is 11.9. The molecule has 0 aliphatic carbocycles. The molecule has 0 bridgehead atoms. The molecule has 2 aromatic rings.